The van der Waals surface area contributed by atoms with Crippen molar-refractivity contribution in [2.45, 2.75) is 0 Å². The van der Waals surface area contributed by atoms with Crippen molar-refractivity contribution in [3.05, 3.63) is 24.5 Å². The number of likely N-dealkylation sites (N-methyl/N-ethyl adjacent to an activating group) is 1. The van der Waals surface area contributed by atoms with Crippen LogP contribution < -0.4 is 4.90 Å². The Morgan fingerprint density at radius 3 is 3.00 bits per heavy atom. The lowest BCUT2D eigenvalue weighted by molar-refractivity contribution is -0.120. The van der Waals surface area contributed by atoms with Gasteiger partial charge in [0, 0.05) is 13.1 Å². The summed E-state index contributed by atoms with van der Waals surface area (Å²) in [6, 6.07) is 3.58. The van der Waals surface area contributed by atoms with Gasteiger partial charge in [0.2, 0.25) is 5.91 Å². The number of piperazine rings is 1. The van der Waals surface area contributed by atoms with Crippen LogP contribution >= 0.6 is 0 Å². The number of amides is 1. The van der Waals surface area contributed by atoms with Crippen LogP contribution in [0.15, 0.2) is 18.3 Å². The Hall–Kier alpha value is -1.42. The van der Waals surface area contributed by atoms with Crippen LogP contribution in [0.1, 0.15) is 0 Å². The van der Waals surface area contributed by atoms with E-state index in [9.17, 15) is 4.79 Å². The average Bonchev–Trinajstić information content (AvgIpc) is 2.19. The highest BCUT2D eigenvalue weighted by Crippen LogP contribution is 2.14. The van der Waals surface area contributed by atoms with Crippen molar-refractivity contribution in [3.8, 4) is 0 Å². The first-order chi connectivity index (χ1) is 6.77. The largest absolute Gasteiger partial charge is 0.308 e. The third kappa shape index (κ3) is 1.75. The van der Waals surface area contributed by atoms with Crippen LogP contribution in [0.4, 0.5) is 5.69 Å². The molecule has 1 saturated heterocycles. The molecule has 1 aliphatic heterocycles. The molecule has 1 radical (unpaired) electrons. The zero-order valence-corrected chi connectivity index (χ0v) is 8.10. The number of hydrogen-bond acceptors (Lipinski definition) is 3. The lowest BCUT2D eigenvalue weighted by Gasteiger charge is -2.31. The second-order valence-electron chi connectivity index (χ2n) is 3.43. The van der Waals surface area contributed by atoms with E-state index in [4.69, 9.17) is 0 Å². The maximum atomic E-state index is 11.7. The molecule has 0 bridgehead atoms. The summed E-state index contributed by atoms with van der Waals surface area (Å²) in [4.78, 5) is 19.3. The Kier molecular flexibility index (Phi) is 2.45. The molecule has 1 aliphatic rings. The number of rotatable bonds is 1. The molecule has 73 valence electrons. The van der Waals surface area contributed by atoms with Crippen LogP contribution in [0.5, 0.6) is 0 Å². The molecule has 0 aliphatic carbocycles. The van der Waals surface area contributed by atoms with E-state index in [1.807, 2.05) is 18.0 Å². The predicted molar refractivity (Wildman–Crippen MR) is 52.9 cm³/mol. The molecular formula is C10H12N3O. The molecule has 4 nitrogen and oxygen atoms in total. The maximum Gasteiger partial charge on any atom is 0.241 e. The van der Waals surface area contributed by atoms with Gasteiger partial charge in [-0.1, -0.05) is 0 Å². The SMILES string of the molecule is CN1CCN(c2cc[c]nc2)C(=O)C1. The van der Waals surface area contributed by atoms with Gasteiger partial charge in [0.05, 0.1) is 24.6 Å². The molecule has 14 heavy (non-hydrogen) atoms. The summed E-state index contributed by atoms with van der Waals surface area (Å²) in [6.45, 7) is 2.13. The van der Waals surface area contributed by atoms with Gasteiger partial charge in [-0.25, -0.2) is 0 Å². The van der Waals surface area contributed by atoms with E-state index in [2.05, 4.69) is 11.2 Å². The predicted octanol–water partition coefficient (Wildman–Crippen LogP) is 0.160. The summed E-state index contributed by atoms with van der Waals surface area (Å²) < 4.78 is 0. The smallest absolute Gasteiger partial charge is 0.241 e. The average molecular weight is 190 g/mol. The zero-order valence-electron chi connectivity index (χ0n) is 8.10. The summed E-state index contributed by atoms with van der Waals surface area (Å²) in [5, 5.41) is 0. The molecule has 0 unspecified atom stereocenters. The van der Waals surface area contributed by atoms with Crippen molar-refractivity contribution in [3.63, 3.8) is 0 Å². The van der Waals surface area contributed by atoms with E-state index in [0.29, 0.717) is 6.54 Å². The maximum absolute atomic E-state index is 11.7. The van der Waals surface area contributed by atoms with Crippen molar-refractivity contribution in [2.75, 3.05) is 31.6 Å². The van der Waals surface area contributed by atoms with Crippen LogP contribution in [0.3, 0.4) is 0 Å². The second-order valence-corrected chi connectivity index (χ2v) is 3.43. The molecule has 2 heterocycles. The van der Waals surface area contributed by atoms with Gasteiger partial charge < -0.3 is 4.90 Å². The topological polar surface area (TPSA) is 36.4 Å². The minimum absolute atomic E-state index is 0.131. The van der Waals surface area contributed by atoms with Crippen LogP contribution in [0.25, 0.3) is 0 Å². The molecule has 0 saturated carbocycles. The summed E-state index contributed by atoms with van der Waals surface area (Å²) in [7, 11) is 1.95. The molecule has 1 amide bonds. The Balaban J connectivity index is 2.16. The Bertz CT molecular complexity index is 325. The monoisotopic (exact) mass is 190 g/mol. The van der Waals surface area contributed by atoms with Gasteiger partial charge in [0.25, 0.3) is 0 Å². The highest BCUT2D eigenvalue weighted by molar-refractivity contribution is 5.95. The lowest BCUT2D eigenvalue weighted by Crippen LogP contribution is -2.48. The molecule has 0 spiro atoms. The third-order valence-electron chi connectivity index (χ3n) is 2.32. The van der Waals surface area contributed by atoms with Gasteiger partial charge in [-0.2, -0.15) is 0 Å². The number of nitrogens with zero attached hydrogens (tertiary/aromatic N) is 3. The molecule has 1 aromatic rings. The van der Waals surface area contributed by atoms with Gasteiger partial charge in [0.15, 0.2) is 0 Å². The molecule has 2 rings (SSSR count). The summed E-state index contributed by atoms with van der Waals surface area (Å²) in [6.07, 6.45) is 4.37. The molecule has 1 aromatic heterocycles. The fourth-order valence-corrected chi connectivity index (χ4v) is 1.54. The quantitative estimate of drug-likeness (QED) is 0.633. The van der Waals surface area contributed by atoms with E-state index >= 15 is 0 Å². The lowest BCUT2D eigenvalue weighted by atomic mass is 10.3. The van der Waals surface area contributed by atoms with Crippen LogP contribution in [0, 0.1) is 6.20 Å². The summed E-state index contributed by atoms with van der Waals surface area (Å²) >= 11 is 0. The fourth-order valence-electron chi connectivity index (χ4n) is 1.54. The van der Waals surface area contributed by atoms with Gasteiger partial charge in [-0.15, -0.1) is 0 Å². The van der Waals surface area contributed by atoms with Crippen LogP contribution in [-0.4, -0.2) is 42.5 Å². The van der Waals surface area contributed by atoms with Crippen molar-refractivity contribution >= 4 is 11.6 Å². The Labute approximate surface area is 83.2 Å². The van der Waals surface area contributed by atoms with Crippen molar-refractivity contribution in [2.24, 2.45) is 0 Å². The Morgan fingerprint density at radius 1 is 1.50 bits per heavy atom. The van der Waals surface area contributed by atoms with Crippen LogP contribution in [0.2, 0.25) is 0 Å². The number of carbonyl (C=O) groups excluding carboxylic acids is 1. The highest BCUT2D eigenvalue weighted by Gasteiger charge is 2.22. The van der Waals surface area contributed by atoms with E-state index in [1.54, 1.807) is 17.2 Å². The van der Waals surface area contributed by atoms with Crippen LogP contribution in [-0.2, 0) is 4.79 Å². The van der Waals surface area contributed by atoms with E-state index < -0.39 is 0 Å². The third-order valence-corrected chi connectivity index (χ3v) is 2.32. The second kappa shape index (κ2) is 3.75. The number of hydrogen-bond donors (Lipinski definition) is 0. The van der Waals surface area contributed by atoms with E-state index in [1.165, 1.54) is 0 Å². The molecule has 0 atom stereocenters. The van der Waals surface area contributed by atoms with Gasteiger partial charge in [-0.05, 0) is 19.2 Å². The molecule has 0 N–H and O–H groups in total. The number of aromatic nitrogens is 1. The first kappa shape index (κ1) is 9.15. The van der Waals surface area contributed by atoms with E-state index in [-0.39, 0.29) is 5.91 Å². The number of anilines is 1. The normalized spacial score (nSPS) is 18.6. The van der Waals surface area contributed by atoms with Crippen molar-refractivity contribution in [1.29, 1.82) is 0 Å². The highest BCUT2D eigenvalue weighted by atomic mass is 16.2. The first-order valence-electron chi connectivity index (χ1n) is 4.58. The molecular weight excluding hydrogens is 178 g/mol. The zero-order chi connectivity index (χ0) is 9.97. The van der Waals surface area contributed by atoms with E-state index in [0.717, 1.165) is 18.8 Å². The first-order valence-corrected chi connectivity index (χ1v) is 4.58. The summed E-state index contributed by atoms with van der Waals surface area (Å²) in [5.41, 5.74) is 0.863. The molecule has 4 heteroatoms. The van der Waals surface area contributed by atoms with Crippen molar-refractivity contribution < 1.29 is 4.79 Å². The minimum Gasteiger partial charge on any atom is -0.308 e. The van der Waals surface area contributed by atoms with Crippen molar-refractivity contribution in [1.82, 2.24) is 9.88 Å². The molecule has 0 aromatic carbocycles. The standard InChI is InChI=1S/C10H12N3O/c1-12-5-6-13(10(14)8-12)9-3-2-4-11-7-9/h2-3,7H,5-6,8H2,1H3. The minimum atomic E-state index is 0.131. The molecule has 1 fully saturated rings. The summed E-state index contributed by atoms with van der Waals surface area (Å²) in [5.74, 6) is 0.131. The van der Waals surface area contributed by atoms with Gasteiger partial charge >= 0.3 is 0 Å². The number of carbonyl (C=O) groups is 1. The van der Waals surface area contributed by atoms with Gasteiger partial charge in [-0.3, -0.25) is 14.7 Å². The fraction of sp³-hybridized carbons (Fsp3) is 0.400. The van der Waals surface area contributed by atoms with Gasteiger partial charge in [0.1, 0.15) is 0 Å². The number of pyridine rings is 1. The Morgan fingerprint density at radius 2 is 2.36 bits per heavy atom.